The van der Waals surface area contributed by atoms with Crippen molar-refractivity contribution in [2.75, 3.05) is 0 Å². The lowest BCUT2D eigenvalue weighted by atomic mass is 10.1. The summed E-state index contributed by atoms with van der Waals surface area (Å²) in [6.45, 7) is 0. The van der Waals surface area contributed by atoms with Crippen LogP contribution in [0.4, 0.5) is 8.78 Å². The minimum atomic E-state index is -1.18. The summed E-state index contributed by atoms with van der Waals surface area (Å²) in [5.41, 5.74) is 0.815. The van der Waals surface area contributed by atoms with Gasteiger partial charge in [0.2, 0.25) is 0 Å². The zero-order chi connectivity index (χ0) is 15.7. The molecule has 0 atom stereocenters. The van der Waals surface area contributed by atoms with Gasteiger partial charge >= 0.3 is 5.97 Å². The Morgan fingerprint density at radius 2 is 1.95 bits per heavy atom. The van der Waals surface area contributed by atoms with E-state index < -0.39 is 17.6 Å². The van der Waals surface area contributed by atoms with Crippen LogP contribution < -0.4 is 0 Å². The highest BCUT2D eigenvalue weighted by Gasteiger charge is 2.21. The predicted molar refractivity (Wildman–Crippen MR) is 77.7 cm³/mol. The van der Waals surface area contributed by atoms with Crippen molar-refractivity contribution in [2.45, 2.75) is 0 Å². The molecule has 3 aromatic rings. The highest BCUT2D eigenvalue weighted by molar-refractivity contribution is 7.17. The third-order valence-corrected chi connectivity index (χ3v) is 3.96. The van der Waals surface area contributed by atoms with Gasteiger partial charge in [-0.15, -0.1) is 11.3 Å². The highest BCUT2D eigenvalue weighted by atomic mass is 32.1. The normalized spacial score (nSPS) is 10.6. The van der Waals surface area contributed by atoms with Crippen LogP contribution in [0.5, 0.6) is 0 Å². The van der Waals surface area contributed by atoms with Crippen LogP contribution >= 0.6 is 11.3 Å². The SMILES string of the molecule is O=C(O)c1sc(-c2ccccn2)nc1-c1ccc(F)c(F)c1. The Morgan fingerprint density at radius 1 is 1.14 bits per heavy atom. The molecule has 0 aliphatic heterocycles. The molecule has 2 aromatic heterocycles. The summed E-state index contributed by atoms with van der Waals surface area (Å²) in [5.74, 6) is -3.23. The fraction of sp³-hybridized carbons (Fsp3) is 0. The van der Waals surface area contributed by atoms with Gasteiger partial charge < -0.3 is 5.11 Å². The molecule has 22 heavy (non-hydrogen) atoms. The number of pyridine rings is 1. The molecule has 1 N–H and O–H groups in total. The molecular weight excluding hydrogens is 310 g/mol. The van der Waals surface area contributed by atoms with E-state index in [4.69, 9.17) is 0 Å². The summed E-state index contributed by atoms with van der Waals surface area (Å²) >= 11 is 0.936. The number of hydrogen-bond donors (Lipinski definition) is 1. The maximum atomic E-state index is 13.4. The van der Waals surface area contributed by atoms with Gasteiger partial charge in [0.25, 0.3) is 0 Å². The first kappa shape index (κ1) is 14.3. The van der Waals surface area contributed by atoms with Crippen molar-refractivity contribution in [1.82, 2.24) is 9.97 Å². The Balaban J connectivity index is 2.16. The number of nitrogens with zero attached hydrogens (tertiary/aromatic N) is 2. The van der Waals surface area contributed by atoms with Gasteiger partial charge in [0.05, 0.1) is 11.4 Å². The number of carboxylic acid groups (broad SMARTS) is 1. The number of thiazole rings is 1. The second-order valence-corrected chi connectivity index (χ2v) is 5.34. The molecule has 0 radical (unpaired) electrons. The number of hydrogen-bond acceptors (Lipinski definition) is 4. The Labute approximate surface area is 127 Å². The molecule has 0 spiro atoms. The molecular formula is C15H8F2N2O2S. The monoisotopic (exact) mass is 318 g/mol. The number of rotatable bonds is 3. The molecule has 0 unspecified atom stereocenters. The van der Waals surface area contributed by atoms with E-state index in [9.17, 15) is 18.7 Å². The average Bonchev–Trinajstić information content (AvgIpc) is 2.96. The maximum Gasteiger partial charge on any atom is 0.348 e. The summed E-state index contributed by atoms with van der Waals surface area (Å²) in [7, 11) is 0. The first-order valence-corrected chi connectivity index (χ1v) is 6.99. The van der Waals surface area contributed by atoms with Crippen molar-refractivity contribution in [3.8, 4) is 22.0 Å². The molecule has 3 rings (SSSR count). The third-order valence-electron chi connectivity index (χ3n) is 2.90. The first-order valence-electron chi connectivity index (χ1n) is 6.17. The Kier molecular flexibility index (Phi) is 3.64. The molecule has 2 heterocycles. The molecule has 0 amide bonds. The molecule has 0 aliphatic carbocycles. The van der Waals surface area contributed by atoms with Crippen molar-refractivity contribution < 1.29 is 18.7 Å². The predicted octanol–water partition coefficient (Wildman–Crippen LogP) is 3.85. The minimum Gasteiger partial charge on any atom is -0.477 e. The van der Waals surface area contributed by atoms with Gasteiger partial charge in [-0.25, -0.2) is 18.6 Å². The van der Waals surface area contributed by atoms with Crippen LogP contribution in [0.3, 0.4) is 0 Å². The summed E-state index contributed by atoms with van der Waals surface area (Å²) < 4.78 is 26.4. The molecule has 110 valence electrons. The quantitative estimate of drug-likeness (QED) is 0.797. The van der Waals surface area contributed by atoms with Gasteiger partial charge in [0.15, 0.2) is 11.6 Å². The van der Waals surface area contributed by atoms with Crippen LogP contribution in [0, 0.1) is 11.6 Å². The van der Waals surface area contributed by atoms with Crippen LogP contribution in [0.1, 0.15) is 9.67 Å². The van der Waals surface area contributed by atoms with E-state index in [1.165, 1.54) is 6.07 Å². The van der Waals surface area contributed by atoms with Crippen LogP contribution in [-0.4, -0.2) is 21.0 Å². The molecule has 0 bridgehead atoms. The zero-order valence-corrected chi connectivity index (χ0v) is 11.8. The van der Waals surface area contributed by atoms with Gasteiger partial charge in [-0.1, -0.05) is 6.07 Å². The van der Waals surface area contributed by atoms with Crippen LogP contribution in [0.25, 0.3) is 22.0 Å². The van der Waals surface area contributed by atoms with Crippen molar-refractivity contribution in [3.63, 3.8) is 0 Å². The second kappa shape index (κ2) is 5.61. The average molecular weight is 318 g/mol. The van der Waals surface area contributed by atoms with Crippen LogP contribution in [0.15, 0.2) is 42.6 Å². The van der Waals surface area contributed by atoms with E-state index in [1.807, 2.05) is 0 Å². The van der Waals surface area contributed by atoms with Gasteiger partial charge in [0.1, 0.15) is 9.88 Å². The van der Waals surface area contributed by atoms with Crippen molar-refractivity contribution in [2.24, 2.45) is 0 Å². The number of aromatic carboxylic acids is 1. The Morgan fingerprint density at radius 3 is 2.59 bits per heavy atom. The number of carbonyl (C=O) groups is 1. The number of aromatic nitrogens is 2. The maximum absolute atomic E-state index is 13.4. The minimum absolute atomic E-state index is 0.0494. The molecule has 1 aromatic carbocycles. The second-order valence-electron chi connectivity index (χ2n) is 4.35. The lowest BCUT2D eigenvalue weighted by Crippen LogP contribution is -1.96. The van der Waals surface area contributed by atoms with E-state index in [0.29, 0.717) is 10.7 Å². The number of benzene rings is 1. The summed E-state index contributed by atoms with van der Waals surface area (Å²) in [6.07, 6.45) is 1.56. The van der Waals surface area contributed by atoms with E-state index in [2.05, 4.69) is 9.97 Å². The fourth-order valence-electron chi connectivity index (χ4n) is 1.90. The van der Waals surface area contributed by atoms with Crippen molar-refractivity contribution in [1.29, 1.82) is 0 Å². The first-order chi connectivity index (χ1) is 10.6. The summed E-state index contributed by atoms with van der Waals surface area (Å²) in [5, 5.41) is 9.69. The molecule has 4 nitrogen and oxygen atoms in total. The topological polar surface area (TPSA) is 63.1 Å². The van der Waals surface area contributed by atoms with Gasteiger partial charge in [-0.05, 0) is 30.3 Å². The molecule has 0 aliphatic rings. The van der Waals surface area contributed by atoms with Crippen molar-refractivity contribution >= 4 is 17.3 Å². The van der Waals surface area contributed by atoms with Gasteiger partial charge in [-0.2, -0.15) is 0 Å². The van der Waals surface area contributed by atoms with Crippen LogP contribution in [0.2, 0.25) is 0 Å². The van der Waals surface area contributed by atoms with E-state index in [0.717, 1.165) is 23.5 Å². The summed E-state index contributed by atoms with van der Waals surface area (Å²) in [6, 6.07) is 8.34. The number of carboxylic acids is 1. The Hall–Kier alpha value is -2.67. The van der Waals surface area contributed by atoms with Gasteiger partial charge in [0, 0.05) is 11.8 Å². The van der Waals surface area contributed by atoms with Crippen LogP contribution in [-0.2, 0) is 0 Å². The zero-order valence-electron chi connectivity index (χ0n) is 11.0. The van der Waals surface area contributed by atoms with Gasteiger partial charge in [-0.3, -0.25) is 4.98 Å². The van der Waals surface area contributed by atoms with E-state index >= 15 is 0 Å². The number of halogens is 2. The fourth-order valence-corrected chi connectivity index (χ4v) is 2.81. The van der Waals surface area contributed by atoms with E-state index in [1.54, 1.807) is 24.4 Å². The Bertz CT molecular complexity index is 850. The summed E-state index contributed by atoms with van der Waals surface area (Å²) in [4.78, 5) is 19.7. The van der Waals surface area contributed by atoms with Crippen molar-refractivity contribution in [3.05, 3.63) is 59.1 Å². The largest absolute Gasteiger partial charge is 0.477 e. The highest BCUT2D eigenvalue weighted by Crippen LogP contribution is 2.33. The molecule has 0 saturated heterocycles. The third kappa shape index (κ3) is 2.58. The smallest absolute Gasteiger partial charge is 0.348 e. The lowest BCUT2D eigenvalue weighted by molar-refractivity contribution is 0.0702. The molecule has 0 fully saturated rings. The lowest BCUT2D eigenvalue weighted by Gasteiger charge is -2.00. The van der Waals surface area contributed by atoms with E-state index in [-0.39, 0.29) is 16.1 Å². The standard InChI is InChI=1S/C15H8F2N2O2S/c16-9-5-4-8(7-10(9)17)12-13(15(20)21)22-14(19-12)11-3-1-2-6-18-11/h1-7H,(H,20,21). The molecule has 0 saturated carbocycles. The molecule has 7 heteroatoms.